The predicted molar refractivity (Wildman–Crippen MR) is 259 cm³/mol. The molecule has 24 nitrogen and oxygen atoms in total. The van der Waals surface area contributed by atoms with E-state index in [1.807, 2.05) is 13.8 Å². The molecule has 1 unspecified atom stereocenters. The lowest BCUT2D eigenvalue weighted by Gasteiger charge is -2.10. The molecule has 0 aliphatic heterocycles. The third-order valence-electron chi connectivity index (χ3n) is 9.02. The van der Waals surface area contributed by atoms with Crippen LogP contribution in [-0.4, -0.2) is 288 Å². The van der Waals surface area contributed by atoms with E-state index in [9.17, 15) is 9.59 Å². The van der Waals surface area contributed by atoms with Crippen LogP contribution in [0.2, 0.25) is 0 Å². The molecule has 0 aliphatic rings. The Morgan fingerprint density at radius 2 is 0.403 bits per heavy atom. The Balaban J connectivity index is 3.09. The first-order valence-electron chi connectivity index (χ1n) is 25.5. The second kappa shape index (κ2) is 63.4. The Morgan fingerprint density at radius 3 is 0.542 bits per heavy atom. The van der Waals surface area contributed by atoms with Crippen LogP contribution < -0.4 is 0 Å². The van der Waals surface area contributed by atoms with E-state index in [4.69, 9.17) is 105 Å². The minimum absolute atomic E-state index is 0.00951. The van der Waals surface area contributed by atoms with Crippen molar-refractivity contribution >= 4 is 11.9 Å². The molecule has 0 fully saturated rings. The minimum atomic E-state index is -0.880. The number of aliphatic carboxylic acids is 1. The van der Waals surface area contributed by atoms with Crippen LogP contribution in [0.1, 0.15) is 26.7 Å². The summed E-state index contributed by atoms with van der Waals surface area (Å²) in [6.07, 6.45) is 0.754. The topological polar surface area (TPSA) is 248 Å². The number of carbonyl (C=O) groups excluding carboxylic acids is 1. The summed E-state index contributed by atoms with van der Waals surface area (Å²) >= 11 is 0. The molecular formula is C48H94O24. The van der Waals surface area contributed by atoms with Crippen molar-refractivity contribution in [3.05, 3.63) is 0 Å². The molecule has 0 aromatic rings. The van der Waals surface area contributed by atoms with Gasteiger partial charge in [0.1, 0.15) is 6.61 Å². The number of rotatable bonds is 65. The summed E-state index contributed by atoms with van der Waals surface area (Å²) < 4.78 is 114. The van der Waals surface area contributed by atoms with Crippen LogP contribution in [0, 0.1) is 5.92 Å². The number of ether oxygens (including phenoxy) is 21. The smallest absolute Gasteiger partial charge is 0.308 e. The third kappa shape index (κ3) is 62.4. The molecular weight excluding hydrogens is 961 g/mol. The normalized spacial score (nSPS) is 12.0. The summed E-state index contributed by atoms with van der Waals surface area (Å²) in [6.45, 7) is 22.4. The zero-order valence-electron chi connectivity index (χ0n) is 43.8. The molecule has 0 saturated heterocycles. The number of carboxylic acid groups (broad SMARTS) is 1. The van der Waals surface area contributed by atoms with Crippen LogP contribution in [0.5, 0.6) is 0 Å². The largest absolute Gasteiger partial charge is 0.481 e. The summed E-state index contributed by atoms with van der Waals surface area (Å²) in [5, 5.41) is 8.51. The predicted octanol–water partition coefficient (Wildman–Crippen LogP) is 1.38. The average Bonchev–Trinajstić information content (AvgIpc) is 3.38. The lowest BCUT2D eigenvalue weighted by molar-refractivity contribution is -0.149. The number of carbonyl (C=O) groups is 2. The van der Waals surface area contributed by atoms with E-state index in [1.165, 1.54) is 0 Å². The van der Waals surface area contributed by atoms with Crippen LogP contribution in [0.4, 0.5) is 0 Å². The standard InChI is InChI=1S/C48H94O24/c1-3-46(2)48(51)72-45-44-71-43-42-70-41-40-69-39-38-68-37-36-67-35-34-66-33-32-65-31-30-64-29-28-63-27-26-62-25-24-61-23-22-60-21-20-59-19-18-58-17-16-57-15-14-56-13-12-55-11-10-54-9-8-53-7-6-52-5-4-47(49)50/h46H,3-45H2,1-2H3,(H,49,50). The van der Waals surface area contributed by atoms with Gasteiger partial charge in [-0.15, -0.1) is 0 Å². The summed E-state index contributed by atoms with van der Waals surface area (Å²) in [5.41, 5.74) is 0. The van der Waals surface area contributed by atoms with Crippen LogP contribution in [-0.2, 0) is 109 Å². The summed E-state index contributed by atoms with van der Waals surface area (Å²) in [6, 6.07) is 0. The zero-order valence-corrected chi connectivity index (χ0v) is 43.8. The van der Waals surface area contributed by atoms with E-state index in [0.717, 1.165) is 6.42 Å². The molecule has 0 bridgehead atoms. The van der Waals surface area contributed by atoms with Crippen molar-refractivity contribution in [1.29, 1.82) is 0 Å². The van der Waals surface area contributed by atoms with Gasteiger partial charge in [-0.25, -0.2) is 0 Å². The van der Waals surface area contributed by atoms with Gasteiger partial charge < -0.3 is 105 Å². The maximum absolute atomic E-state index is 11.6. The average molecular weight is 1060 g/mol. The summed E-state index contributed by atoms with van der Waals surface area (Å²) in [4.78, 5) is 21.9. The molecule has 0 aliphatic carbocycles. The van der Waals surface area contributed by atoms with Gasteiger partial charge in [0.25, 0.3) is 0 Å². The molecule has 72 heavy (non-hydrogen) atoms. The van der Waals surface area contributed by atoms with Crippen LogP contribution >= 0.6 is 0 Å². The van der Waals surface area contributed by atoms with Gasteiger partial charge in [0.05, 0.1) is 277 Å². The number of esters is 1. The first-order chi connectivity index (χ1) is 35.6. The van der Waals surface area contributed by atoms with Crippen molar-refractivity contribution in [2.45, 2.75) is 26.7 Å². The Hall–Kier alpha value is -1.86. The highest BCUT2D eigenvalue weighted by molar-refractivity contribution is 5.71. The van der Waals surface area contributed by atoms with Gasteiger partial charge in [0.15, 0.2) is 0 Å². The molecule has 0 amide bonds. The van der Waals surface area contributed by atoms with Crippen molar-refractivity contribution in [1.82, 2.24) is 0 Å². The van der Waals surface area contributed by atoms with Crippen molar-refractivity contribution in [3.63, 3.8) is 0 Å². The highest BCUT2D eigenvalue weighted by atomic mass is 16.6. The van der Waals surface area contributed by atoms with Crippen LogP contribution in [0.3, 0.4) is 0 Å². The first-order valence-corrected chi connectivity index (χ1v) is 25.5. The van der Waals surface area contributed by atoms with Gasteiger partial charge in [-0.2, -0.15) is 0 Å². The first kappa shape index (κ1) is 70.1. The Bertz CT molecular complexity index is 1050. The number of hydrogen-bond donors (Lipinski definition) is 1. The maximum atomic E-state index is 11.6. The molecule has 1 N–H and O–H groups in total. The van der Waals surface area contributed by atoms with E-state index in [-0.39, 0.29) is 31.5 Å². The lowest BCUT2D eigenvalue weighted by Crippen LogP contribution is -2.18. The fourth-order valence-electron chi connectivity index (χ4n) is 4.95. The van der Waals surface area contributed by atoms with E-state index < -0.39 is 5.97 Å². The van der Waals surface area contributed by atoms with Crippen LogP contribution in [0.15, 0.2) is 0 Å². The molecule has 0 rings (SSSR count). The van der Waals surface area contributed by atoms with Crippen molar-refractivity contribution < 1.29 is 114 Å². The maximum Gasteiger partial charge on any atom is 0.308 e. The van der Waals surface area contributed by atoms with Gasteiger partial charge in [0.2, 0.25) is 0 Å². The van der Waals surface area contributed by atoms with E-state index in [0.29, 0.717) is 258 Å². The van der Waals surface area contributed by atoms with E-state index in [1.54, 1.807) is 0 Å². The molecule has 0 saturated carbocycles. The van der Waals surface area contributed by atoms with Gasteiger partial charge >= 0.3 is 11.9 Å². The Labute approximate surface area is 428 Å². The quantitative estimate of drug-likeness (QED) is 0.0668. The second-order valence-electron chi connectivity index (χ2n) is 14.9. The summed E-state index contributed by atoms with van der Waals surface area (Å²) in [7, 11) is 0. The number of hydrogen-bond acceptors (Lipinski definition) is 23. The molecule has 0 aromatic carbocycles. The molecule has 24 heteroatoms. The molecule has 1 atom stereocenters. The van der Waals surface area contributed by atoms with Crippen molar-refractivity contribution in [2.75, 3.05) is 271 Å². The summed E-state index contributed by atoms with van der Waals surface area (Å²) in [5.74, 6) is -1.15. The molecule has 0 radical (unpaired) electrons. The van der Waals surface area contributed by atoms with Gasteiger partial charge in [0, 0.05) is 0 Å². The second-order valence-corrected chi connectivity index (χ2v) is 14.9. The SMILES string of the molecule is CCC(C)C(=O)OCCOCCOCCOCCOCCOCCOCCOCCOCCOCCOCCOCCOCCOCCOCCOCCOCCOCCOCCOCCOCCC(=O)O. The van der Waals surface area contributed by atoms with E-state index in [2.05, 4.69) is 0 Å². The highest BCUT2D eigenvalue weighted by Gasteiger charge is 2.11. The third-order valence-corrected chi connectivity index (χ3v) is 9.02. The fourth-order valence-corrected chi connectivity index (χ4v) is 4.95. The van der Waals surface area contributed by atoms with Gasteiger partial charge in [-0.1, -0.05) is 13.8 Å². The Morgan fingerprint density at radius 1 is 0.264 bits per heavy atom. The van der Waals surface area contributed by atoms with E-state index >= 15 is 0 Å². The minimum Gasteiger partial charge on any atom is -0.481 e. The molecule has 430 valence electrons. The van der Waals surface area contributed by atoms with Crippen molar-refractivity contribution in [3.8, 4) is 0 Å². The molecule has 0 heterocycles. The highest BCUT2D eigenvalue weighted by Crippen LogP contribution is 2.02. The van der Waals surface area contributed by atoms with Crippen LogP contribution in [0.25, 0.3) is 0 Å². The monoisotopic (exact) mass is 1050 g/mol. The lowest BCUT2D eigenvalue weighted by atomic mass is 10.1. The van der Waals surface area contributed by atoms with Gasteiger partial charge in [-0.05, 0) is 6.42 Å². The number of carboxylic acids is 1. The molecule has 0 aromatic heterocycles. The van der Waals surface area contributed by atoms with Gasteiger partial charge in [-0.3, -0.25) is 9.59 Å². The zero-order chi connectivity index (χ0) is 52.0. The Kier molecular flexibility index (Phi) is 61.8. The fraction of sp³-hybridized carbons (Fsp3) is 0.958. The van der Waals surface area contributed by atoms with Crippen molar-refractivity contribution in [2.24, 2.45) is 5.92 Å². The molecule has 0 spiro atoms.